The molecule has 0 aromatic heterocycles. The van der Waals surface area contributed by atoms with E-state index in [0.717, 1.165) is 0 Å². The summed E-state index contributed by atoms with van der Waals surface area (Å²) in [7, 11) is -3.91. The second-order valence-corrected chi connectivity index (χ2v) is 9.23. The minimum Gasteiger partial charge on any atom is -0.508 e. The first kappa shape index (κ1) is 26.4. The topological polar surface area (TPSA) is 119 Å². The summed E-state index contributed by atoms with van der Waals surface area (Å²) in [5.41, 5.74) is 1.12. The Balaban J connectivity index is 2.20. The second-order valence-electron chi connectivity index (χ2n) is 7.28. The molecule has 0 atom stereocenters. The maximum absolute atomic E-state index is 13.2. The Kier molecular flexibility index (Phi) is 9.20. The van der Waals surface area contributed by atoms with E-state index in [0.29, 0.717) is 17.5 Å². The van der Waals surface area contributed by atoms with Crippen molar-refractivity contribution in [2.75, 3.05) is 13.2 Å². The van der Waals surface area contributed by atoms with Gasteiger partial charge in [-0.2, -0.15) is 0 Å². The van der Waals surface area contributed by atoms with Crippen molar-refractivity contribution < 1.29 is 32.6 Å². The number of amides is 1. The summed E-state index contributed by atoms with van der Waals surface area (Å²) in [6.07, 6.45) is 2.89. The molecular weight excluding hydrogens is 458 g/mol. The molecule has 9 heteroatoms. The number of nitrogens with one attached hydrogen (secondary N) is 1. The number of hydrogen-bond acceptors (Lipinski definition) is 7. The van der Waals surface area contributed by atoms with Crippen LogP contribution >= 0.6 is 0 Å². The number of esters is 1. The van der Waals surface area contributed by atoms with Gasteiger partial charge in [-0.25, -0.2) is 18.0 Å². The minimum atomic E-state index is -3.91. The average Bonchev–Trinajstić information content (AvgIpc) is 2.79. The maximum Gasteiger partial charge on any atom is 0.412 e. The van der Waals surface area contributed by atoms with E-state index in [1.807, 2.05) is 0 Å². The smallest absolute Gasteiger partial charge is 0.412 e. The van der Waals surface area contributed by atoms with Crippen LogP contribution in [0.1, 0.15) is 18.1 Å². The Morgan fingerprint density at radius 1 is 1.03 bits per heavy atom. The molecule has 2 rings (SSSR count). The molecule has 2 N–H and O–H groups in total. The molecular formula is C25H27NO7S. The van der Waals surface area contributed by atoms with Crippen molar-refractivity contribution in [3.8, 4) is 11.5 Å². The summed E-state index contributed by atoms with van der Waals surface area (Å²) in [4.78, 5) is 23.5. The molecule has 0 spiro atoms. The fourth-order valence-corrected chi connectivity index (χ4v) is 4.24. The number of hydrogen-bond donors (Lipinski definition) is 2. The molecule has 2 aromatic carbocycles. The zero-order valence-electron chi connectivity index (χ0n) is 18.9. The van der Waals surface area contributed by atoms with Crippen LogP contribution in [0.15, 0.2) is 83.7 Å². The number of carbonyl (C=O) groups is 2. The standard InChI is InChI=1S/C25H27NO7S/c1-5-7-18-15-20(9-11-22(18)27)34(30,31)21-10-12-23(19(16-21)8-6-2)33-25(29)26-13-14-32-24(28)17(3)4/h5-6,9-12,15-16,27H,1-3,7-8,13-14H2,4H3,(H,26,29). The Bertz CT molecular complexity index is 1220. The van der Waals surface area contributed by atoms with Gasteiger partial charge in [0, 0.05) is 11.1 Å². The Labute approximate surface area is 199 Å². The van der Waals surface area contributed by atoms with Crippen LogP contribution in [0.3, 0.4) is 0 Å². The lowest BCUT2D eigenvalue weighted by Gasteiger charge is -2.13. The van der Waals surface area contributed by atoms with Gasteiger partial charge in [0.05, 0.1) is 16.3 Å². The van der Waals surface area contributed by atoms with Crippen LogP contribution < -0.4 is 10.1 Å². The largest absolute Gasteiger partial charge is 0.508 e. The molecule has 0 saturated heterocycles. The van der Waals surface area contributed by atoms with Crippen molar-refractivity contribution in [2.24, 2.45) is 0 Å². The fourth-order valence-electron chi connectivity index (χ4n) is 2.88. The van der Waals surface area contributed by atoms with Gasteiger partial charge in [-0.05, 0) is 61.7 Å². The van der Waals surface area contributed by atoms with E-state index in [-0.39, 0.29) is 46.4 Å². The Morgan fingerprint density at radius 3 is 2.24 bits per heavy atom. The summed E-state index contributed by atoms with van der Waals surface area (Å²) in [6.45, 7) is 12.2. The summed E-state index contributed by atoms with van der Waals surface area (Å²) in [6, 6.07) is 8.18. The Hall–Kier alpha value is -3.85. The second kappa shape index (κ2) is 11.9. The normalized spacial score (nSPS) is 10.7. The molecule has 0 aliphatic carbocycles. The van der Waals surface area contributed by atoms with E-state index in [1.54, 1.807) is 12.2 Å². The van der Waals surface area contributed by atoms with Gasteiger partial charge in [-0.15, -0.1) is 13.2 Å². The molecule has 0 radical (unpaired) electrons. The van der Waals surface area contributed by atoms with Crippen molar-refractivity contribution in [3.63, 3.8) is 0 Å². The molecule has 0 saturated carbocycles. The first-order valence-corrected chi connectivity index (χ1v) is 11.8. The van der Waals surface area contributed by atoms with Gasteiger partial charge in [-0.3, -0.25) is 0 Å². The zero-order chi connectivity index (χ0) is 25.3. The zero-order valence-corrected chi connectivity index (χ0v) is 19.7. The van der Waals surface area contributed by atoms with Crippen LogP contribution in [-0.2, 0) is 32.2 Å². The van der Waals surface area contributed by atoms with Gasteiger partial charge < -0.3 is 19.9 Å². The molecule has 0 aliphatic rings. The highest BCUT2D eigenvalue weighted by Gasteiger charge is 2.21. The van der Waals surface area contributed by atoms with Crippen LogP contribution in [0.4, 0.5) is 4.79 Å². The van der Waals surface area contributed by atoms with Crippen LogP contribution in [0.25, 0.3) is 0 Å². The van der Waals surface area contributed by atoms with Crippen molar-refractivity contribution in [3.05, 3.63) is 85.0 Å². The lowest BCUT2D eigenvalue weighted by atomic mass is 10.1. The summed E-state index contributed by atoms with van der Waals surface area (Å²) in [5.74, 6) is -0.422. The molecule has 0 unspecified atom stereocenters. The molecule has 34 heavy (non-hydrogen) atoms. The van der Waals surface area contributed by atoms with Crippen LogP contribution in [-0.4, -0.2) is 38.7 Å². The molecule has 0 fully saturated rings. The fraction of sp³-hybridized carbons (Fsp3) is 0.200. The highest BCUT2D eigenvalue weighted by Crippen LogP contribution is 2.30. The average molecular weight is 486 g/mol. The minimum absolute atomic E-state index is 0.000872. The van der Waals surface area contributed by atoms with Gasteiger partial charge >= 0.3 is 12.1 Å². The van der Waals surface area contributed by atoms with Crippen LogP contribution in [0.5, 0.6) is 11.5 Å². The summed E-state index contributed by atoms with van der Waals surface area (Å²) < 4.78 is 36.5. The van der Waals surface area contributed by atoms with E-state index >= 15 is 0 Å². The molecule has 2 aromatic rings. The first-order valence-electron chi connectivity index (χ1n) is 10.3. The van der Waals surface area contributed by atoms with Crippen LogP contribution in [0, 0.1) is 0 Å². The Morgan fingerprint density at radius 2 is 1.62 bits per heavy atom. The molecule has 8 nitrogen and oxygen atoms in total. The molecule has 1 amide bonds. The number of carbonyl (C=O) groups excluding carboxylic acids is 2. The van der Waals surface area contributed by atoms with Crippen molar-refractivity contribution in [2.45, 2.75) is 29.6 Å². The van der Waals surface area contributed by atoms with Gasteiger partial charge in [-0.1, -0.05) is 18.7 Å². The van der Waals surface area contributed by atoms with E-state index in [9.17, 15) is 23.1 Å². The van der Waals surface area contributed by atoms with E-state index in [4.69, 9.17) is 9.47 Å². The van der Waals surface area contributed by atoms with Gasteiger partial charge in [0.2, 0.25) is 9.84 Å². The van der Waals surface area contributed by atoms with Gasteiger partial charge in [0.15, 0.2) is 0 Å². The van der Waals surface area contributed by atoms with Gasteiger partial charge in [0.25, 0.3) is 0 Å². The third-order valence-corrected chi connectivity index (χ3v) is 6.34. The van der Waals surface area contributed by atoms with E-state index < -0.39 is 21.9 Å². The van der Waals surface area contributed by atoms with Crippen molar-refractivity contribution in [1.29, 1.82) is 0 Å². The SMILES string of the molecule is C=CCc1cc(S(=O)(=O)c2ccc(OC(=O)NCCOC(=O)C(=C)C)c(CC=C)c2)ccc1O. The highest BCUT2D eigenvalue weighted by molar-refractivity contribution is 7.91. The maximum atomic E-state index is 13.2. The third-order valence-electron chi connectivity index (χ3n) is 4.59. The van der Waals surface area contributed by atoms with Crippen LogP contribution in [0.2, 0.25) is 0 Å². The number of sulfone groups is 1. The predicted octanol–water partition coefficient (Wildman–Crippen LogP) is 3.89. The lowest BCUT2D eigenvalue weighted by molar-refractivity contribution is -0.138. The number of aromatic hydroxyl groups is 1. The molecule has 180 valence electrons. The predicted molar refractivity (Wildman–Crippen MR) is 128 cm³/mol. The van der Waals surface area contributed by atoms with Crippen molar-refractivity contribution >= 4 is 21.9 Å². The van der Waals surface area contributed by atoms with E-state index in [2.05, 4.69) is 25.1 Å². The molecule has 0 aliphatic heterocycles. The number of phenols is 1. The number of phenolic OH excluding ortho intramolecular Hbond substituents is 1. The number of benzene rings is 2. The molecule has 0 bridgehead atoms. The lowest BCUT2D eigenvalue weighted by Crippen LogP contribution is -2.31. The first-order chi connectivity index (χ1) is 16.1. The van der Waals surface area contributed by atoms with Gasteiger partial charge in [0.1, 0.15) is 18.1 Å². The monoisotopic (exact) mass is 485 g/mol. The van der Waals surface area contributed by atoms with E-state index in [1.165, 1.54) is 43.3 Å². The third kappa shape index (κ3) is 6.82. The number of rotatable bonds is 11. The molecule has 0 heterocycles. The summed E-state index contributed by atoms with van der Waals surface area (Å²) >= 11 is 0. The van der Waals surface area contributed by atoms with Crippen molar-refractivity contribution in [1.82, 2.24) is 5.32 Å². The highest BCUT2D eigenvalue weighted by atomic mass is 32.2. The number of ether oxygens (including phenoxy) is 2. The quantitative estimate of drug-likeness (QED) is 0.214. The summed E-state index contributed by atoms with van der Waals surface area (Å²) in [5, 5.41) is 12.4. The number of allylic oxidation sites excluding steroid dienone is 2.